The second-order valence-electron chi connectivity index (χ2n) is 13.7. The van der Waals surface area contributed by atoms with Crippen LogP contribution in [0, 0.1) is 5.92 Å². The Bertz CT molecular complexity index is 1890. The fourth-order valence-electron chi connectivity index (χ4n) is 7.40. The summed E-state index contributed by atoms with van der Waals surface area (Å²) in [6.07, 6.45) is -0.617. The number of piperidine rings is 1. The SMILES string of the molecule is CC(C)(C)OC(=O)N1CCC2(CC1)c1c(n(CC(=O)Nc3ccc(C(F)(F)F)cc3Cl)c3nc(C4=CCOCC4)nn3c1=O)[C@H]1C[C@H]12. The predicted octanol–water partition coefficient (Wildman–Crippen LogP) is 5.39. The highest BCUT2D eigenvalue weighted by Crippen LogP contribution is 2.67. The first-order valence-corrected chi connectivity index (χ1v) is 16.0. The molecule has 2 aliphatic heterocycles. The van der Waals surface area contributed by atoms with Crippen molar-refractivity contribution < 1.29 is 32.2 Å². The molecule has 0 unspecified atom stereocenters. The van der Waals surface area contributed by atoms with Crippen LogP contribution in [-0.2, 0) is 32.4 Å². The van der Waals surface area contributed by atoms with Crippen molar-refractivity contribution in [3.05, 3.63) is 62.3 Å². The zero-order valence-electron chi connectivity index (χ0n) is 26.1. The first-order valence-electron chi connectivity index (χ1n) is 15.6. The monoisotopic (exact) mass is 674 g/mol. The van der Waals surface area contributed by atoms with Crippen molar-refractivity contribution in [2.45, 2.75) is 76.1 Å². The number of anilines is 1. The number of halogens is 4. The summed E-state index contributed by atoms with van der Waals surface area (Å²) in [7, 11) is 0. The largest absolute Gasteiger partial charge is 0.444 e. The maximum Gasteiger partial charge on any atom is 0.416 e. The van der Waals surface area contributed by atoms with Gasteiger partial charge in [-0.05, 0) is 76.1 Å². The number of alkyl halides is 3. The number of likely N-dealkylation sites (tertiary alicyclic amines) is 1. The first kappa shape index (κ1) is 31.7. The van der Waals surface area contributed by atoms with E-state index in [0.717, 1.165) is 35.9 Å². The van der Waals surface area contributed by atoms with Gasteiger partial charge in [-0.3, -0.25) is 9.59 Å². The molecule has 2 aromatic heterocycles. The van der Waals surface area contributed by atoms with Crippen LogP contribution < -0.4 is 10.9 Å². The number of rotatable bonds is 4. The summed E-state index contributed by atoms with van der Waals surface area (Å²) in [6, 6.07) is 2.73. The van der Waals surface area contributed by atoms with Crippen LogP contribution in [-0.4, -0.2) is 68.0 Å². The van der Waals surface area contributed by atoms with E-state index in [1.54, 1.807) is 9.47 Å². The van der Waals surface area contributed by atoms with Crippen LogP contribution in [0.25, 0.3) is 11.4 Å². The number of nitrogens with one attached hydrogen (secondary N) is 1. The number of nitrogens with zero attached hydrogens (tertiary/aromatic N) is 5. The minimum atomic E-state index is -4.58. The second-order valence-corrected chi connectivity index (χ2v) is 14.1. The van der Waals surface area contributed by atoms with Crippen molar-refractivity contribution in [2.75, 3.05) is 31.6 Å². The number of carbonyl (C=O) groups is 2. The topological polar surface area (TPSA) is 120 Å². The van der Waals surface area contributed by atoms with Gasteiger partial charge in [0, 0.05) is 35.7 Å². The molecule has 15 heteroatoms. The number of hydrogen-bond acceptors (Lipinski definition) is 7. The van der Waals surface area contributed by atoms with Crippen LogP contribution in [0.1, 0.15) is 75.0 Å². The van der Waals surface area contributed by atoms with Crippen LogP contribution in [0.4, 0.5) is 23.7 Å². The lowest BCUT2D eigenvalue weighted by Crippen LogP contribution is -2.49. The van der Waals surface area contributed by atoms with E-state index in [0.29, 0.717) is 57.0 Å². The molecule has 250 valence electrons. The Morgan fingerprint density at radius 1 is 1.19 bits per heavy atom. The van der Waals surface area contributed by atoms with Gasteiger partial charge < -0.3 is 24.3 Å². The molecule has 1 N–H and O–H groups in total. The molecule has 0 bridgehead atoms. The van der Waals surface area contributed by atoms with Crippen molar-refractivity contribution in [2.24, 2.45) is 5.92 Å². The number of carbonyl (C=O) groups excluding carboxylic acids is 2. The molecular formula is C32H34ClF3N6O5. The highest BCUT2D eigenvalue weighted by atomic mass is 35.5. The Balaban J connectivity index is 1.27. The highest BCUT2D eigenvalue weighted by molar-refractivity contribution is 6.33. The van der Waals surface area contributed by atoms with E-state index in [9.17, 15) is 27.6 Å². The fraction of sp³-hybridized carbons (Fsp3) is 0.531. The van der Waals surface area contributed by atoms with Crippen molar-refractivity contribution >= 4 is 40.6 Å². The van der Waals surface area contributed by atoms with Crippen molar-refractivity contribution in [3.63, 3.8) is 0 Å². The Kier molecular flexibility index (Phi) is 7.47. The number of benzene rings is 1. The van der Waals surface area contributed by atoms with Crippen LogP contribution in [0.2, 0.25) is 5.02 Å². The third-order valence-electron chi connectivity index (χ3n) is 9.56. The lowest BCUT2D eigenvalue weighted by molar-refractivity contribution is -0.137. The van der Waals surface area contributed by atoms with E-state index < -0.39 is 34.8 Å². The van der Waals surface area contributed by atoms with Gasteiger partial charge in [-0.15, -0.1) is 5.10 Å². The van der Waals surface area contributed by atoms with Gasteiger partial charge in [0.1, 0.15) is 12.1 Å². The van der Waals surface area contributed by atoms with E-state index in [1.807, 2.05) is 26.8 Å². The average molecular weight is 675 g/mol. The summed E-state index contributed by atoms with van der Waals surface area (Å²) in [4.78, 5) is 47.1. The molecule has 2 fully saturated rings. The lowest BCUT2D eigenvalue weighted by Gasteiger charge is -2.41. The smallest absolute Gasteiger partial charge is 0.416 e. The zero-order valence-corrected chi connectivity index (χ0v) is 26.9. The fourth-order valence-corrected chi connectivity index (χ4v) is 7.63. The zero-order chi connectivity index (χ0) is 33.5. The molecule has 11 nitrogen and oxygen atoms in total. The van der Waals surface area contributed by atoms with Crippen LogP contribution >= 0.6 is 11.6 Å². The highest BCUT2D eigenvalue weighted by Gasteiger charge is 2.64. The average Bonchev–Trinajstić information content (AvgIpc) is 3.60. The van der Waals surface area contributed by atoms with Gasteiger partial charge in [-0.25, -0.2) is 4.79 Å². The standard InChI is InChI=1S/C32H34ClF3N6O5/c1-30(2,3)47-29(45)40-10-8-31(9-11-40)20-15-19(20)25-24(31)27(44)42-28(38-26(39-42)17-6-12-46-13-7-17)41(25)16-23(43)37-22-5-4-18(14-21(22)33)32(34,35)36/h4-6,14,19-20H,7-13,15-16H2,1-3H3,(H,37,43)/t19-,20+/m0/s1. The second kappa shape index (κ2) is 11.1. The van der Waals surface area contributed by atoms with E-state index in [-0.39, 0.29) is 40.4 Å². The summed E-state index contributed by atoms with van der Waals surface area (Å²) in [5.41, 5.74) is -0.186. The molecule has 1 saturated carbocycles. The van der Waals surface area contributed by atoms with Gasteiger partial charge in [-0.1, -0.05) is 17.7 Å². The quantitative estimate of drug-likeness (QED) is 0.394. The lowest BCUT2D eigenvalue weighted by atomic mass is 9.71. The van der Waals surface area contributed by atoms with Crippen LogP contribution in [0.3, 0.4) is 0 Å². The molecule has 47 heavy (non-hydrogen) atoms. The number of aromatic nitrogens is 4. The van der Waals surface area contributed by atoms with Gasteiger partial charge in [0.25, 0.3) is 5.56 Å². The molecule has 1 saturated heterocycles. The van der Waals surface area contributed by atoms with Crippen LogP contribution in [0.15, 0.2) is 29.1 Å². The maximum atomic E-state index is 14.3. The Morgan fingerprint density at radius 2 is 1.94 bits per heavy atom. The summed E-state index contributed by atoms with van der Waals surface area (Å²) >= 11 is 6.14. The molecule has 7 rings (SSSR count). The molecule has 2 aliphatic carbocycles. The van der Waals surface area contributed by atoms with Gasteiger partial charge >= 0.3 is 12.3 Å². The Labute approximate surface area is 272 Å². The van der Waals surface area contributed by atoms with Crippen LogP contribution in [0.5, 0.6) is 0 Å². The molecule has 2 atom stereocenters. The number of ether oxygens (including phenoxy) is 2. The molecule has 0 radical (unpaired) electrons. The molecular weight excluding hydrogens is 641 g/mol. The van der Waals surface area contributed by atoms with Gasteiger partial charge in [0.15, 0.2) is 5.82 Å². The Hall–Kier alpha value is -3.91. The first-order chi connectivity index (χ1) is 22.2. The molecule has 4 heterocycles. The van der Waals surface area contributed by atoms with Crippen molar-refractivity contribution in [3.8, 4) is 0 Å². The van der Waals surface area contributed by atoms with E-state index in [2.05, 4.69) is 10.4 Å². The van der Waals surface area contributed by atoms with Gasteiger partial charge in [0.05, 0.1) is 29.5 Å². The summed E-state index contributed by atoms with van der Waals surface area (Å²) in [6.45, 7) is 6.88. The predicted molar refractivity (Wildman–Crippen MR) is 165 cm³/mol. The number of fused-ring (bicyclic) bond motifs is 6. The number of hydrogen-bond donors (Lipinski definition) is 1. The normalized spacial score (nSPS) is 21.8. The molecule has 1 aromatic carbocycles. The third-order valence-corrected chi connectivity index (χ3v) is 9.88. The molecule has 2 amide bonds. The summed E-state index contributed by atoms with van der Waals surface area (Å²) in [5, 5.41) is 7.00. The molecule has 4 aliphatic rings. The number of amides is 2. The van der Waals surface area contributed by atoms with Crippen molar-refractivity contribution in [1.29, 1.82) is 0 Å². The summed E-state index contributed by atoms with van der Waals surface area (Å²) < 4.78 is 53.6. The van der Waals surface area contributed by atoms with Crippen molar-refractivity contribution in [1.82, 2.24) is 24.1 Å². The van der Waals surface area contributed by atoms with Gasteiger partial charge in [0.2, 0.25) is 11.7 Å². The van der Waals surface area contributed by atoms with E-state index >= 15 is 0 Å². The maximum absolute atomic E-state index is 14.3. The van der Waals surface area contributed by atoms with E-state index in [4.69, 9.17) is 26.1 Å². The third kappa shape index (κ3) is 5.58. The summed E-state index contributed by atoms with van der Waals surface area (Å²) in [5.74, 6) is 0.205. The van der Waals surface area contributed by atoms with Gasteiger partial charge in [-0.2, -0.15) is 22.7 Å². The Morgan fingerprint density at radius 3 is 2.57 bits per heavy atom. The molecule has 3 aromatic rings. The minimum Gasteiger partial charge on any atom is -0.444 e. The van der Waals surface area contributed by atoms with E-state index in [1.165, 1.54) is 4.52 Å². The molecule has 1 spiro atoms. The minimum absolute atomic E-state index is 0.0145.